The lowest BCUT2D eigenvalue weighted by Crippen LogP contribution is -2.49. The molecule has 0 aromatic carbocycles. The summed E-state index contributed by atoms with van der Waals surface area (Å²) in [6, 6.07) is 0. The fourth-order valence-corrected chi connectivity index (χ4v) is 2.76. The summed E-state index contributed by atoms with van der Waals surface area (Å²) < 4.78 is 5.75. The predicted octanol–water partition coefficient (Wildman–Crippen LogP) is 2.39. The Morgan fingerprint density at radius 3 is 2.93 bits per heavy atom. The number of thiophene rings is 1. The molecule has 0 saturated heterocycles. The molecule has 1 aromatic heterocycles. The van der Waals surface area contributed by atoms with Crippen molar-refractivity contribution in [3.05, 3.63) is 15.8 Å². The van der Waals surface area contributed by atoms with E-state index in [0.29, 0.717) is 0 Å². The van der Waals surface area contributed by atoms with E-state index in [1.54, 1.807) is 11.3 Å². The normalized spacial score (nSPS) is 24.8. The highest BCUT2D eigenvalue weighted by Gasteiger charge is 2.31. The molecule has 1 N–H and O–H groups in total. The van der Waals surface area contributed by atoms with E-state index < -0.39 is 0 Å². The smallest absolute Gasteiger partial charge is 0.136 e. The molecule has 1 aromatic rings. The molecule has 2 rings (SSSR count). The first kappa shape index (κ1) is 11.8. The average Bonchev–Trinajstić information content (AvgIpc) is 2.47. The number of nitrogens with one attached hydrogen (secondary N) is 1. The molecule has 4 heteroatoms. The van der Waals surface area contributed by atoms with Crippen LogP contribution < -0.4 is 10.1 Å². The molecule has 0 spiro atoms. The number of fused-ring (bicyclic) bond motifs is 1. The molecule has 80 valence electrons. The highest BCUT2D eigenvalue weighted by atomic mass is 35.5. The van der Waals surface area contributed by atoms with Gasteiger partial charge in [-0.2, -0.15) is 0 Å². The van der Waals surface area contributed by atoms with Gasteiger partial charge >= 0.3 is 0 Å². The third kappa shape index (κ3) is 1.90. The SMILES string of the molecule is CNC1(C)COc2c(C)csc2C1.Cl. The van der Waals surface area contributed by atoms with Gasteiger partial charge in [-0.25, -0.2) is 0 Å². The average molecular weight is 234 g/mol. The molecule has 2 nitrogen and oxygen atoms in total. The summed E-state index contributed by atoms with van der Waals surface area (Å²) in [6.45, 7) is 5.08. The van der Waals surface area contributed by atoms with Crippen molar-refractivity contribution in [3.8, 4) is 5.75 Å². The standard InChI is InChI=1S/C10H15NOS.ClH/c1-7-5-13-8-4-10(2,11-3)6-12-9(7)8;/h5,11H,4,6H2,1-3H3;1H. The number of ether oxygens (including phenoxy) is 1. The molecule has 0 radical (unpaired) electrons. The molecule has 2 heterocycles. The minimum atomic E-state index is 0. The minimum Gasteiger partial charge on any atom is -0.490 e. The van der Waals surface area contributed by atoms with Gasteiger partial charge in [0.25, 0.3) is 0 Å². The fourth-order valence-electron chi connectivity index (χ4n) is 1.60. The van der Waals surface area contributed by atoms with Crippen molar-refractivity contribution < 1.29 is 4.74 Å². The topological polar surface area (TPSA) is 21.3 Å². The predicted molar refractivity (Wildman–Crippen MR) is 63.0 cm³/mol. The lowest BCUT2D eigenvalue weighted by molar-refractivity contribution is 0.179. The number of rotatable bonds is 1. The lowest BCUT2D eigenvalue weighted by atomic mass is 9.95. The summed E-state index contributed by atoms with van der Waals surface area (Å²) in [5.74, 6) is 1.12. The van der Waals surface area contributed by atoms with E-state index in [4.69, 9.17) is 4.74 Å². The summed E-state index contributed by atoms with van der Waals surface area (Å²) in [5.41, 5.74) is 1.39. The van der Waals surface area contributed by atoms with Crippen molar-refractivity contribution in [2.45, 2.75) is 25.8 Å². The maximum Gasteiger partial charge on any atom is 0.136 e. The molecular weight excluding hydrogens is 218 g/mol. The van der Waals surface area contributed by atoms with Crippen LogP contribution in [0, 0.1) is 6.92 Å². The van der Waals surface area contributed by atoms with E-state index in [2.05, 4.69) is 24.5 Å². The molecule has 0 aliphatic carbocycles. The van der Waals surface area contributed by atoms with E-state index in [0.717, 1.165) is 18.8 Å². The van der Waals surface area contributed by atoms with Crippen LogP contribution in [-0.4, -0.2) is 19.2 Å². The summed E-state index contributed by atoms with van der Waals surface area (Å²) in [4.78, 5) is 1.38. The van der Waals surface area contributed by atoms with Crippen molar-refractivity contribution in [2.75, 3.05) is 13.7 Å². The zero-order valence-corrected chi connectivity index (χ0v) is 10.3. The Kier molecular flexibility index (Phi) is 3.45. The van der Waals surface area contributed by atoms with Crippen LogP contribution in [0.1, 0.15) is 17.4 Å². The molecule has 0 fully saturated rings. The molecule has 1 aliphatic heterocycles. The van der Waals surface area contributed by atoms with Gasteiger partial charge in [-0.15, -0.1) is 23.7 Å². The van der Waals surface area contributed by atoms with E-state index in [-0.39, 0.29) is 17.9 Å². The number of hydrogen-bond acceptors (Lipinski definition) is 3. The quantitative estimate of drug-likeness (QED) is 0.805. The van der Waals surface area contributed by atoms with Gasteiger partial charge in [0.1, 0.15) is 12.4 Å². The van der Waals surface area contributed by atoms with Gasteiger partial charge in [0.2, 0.25) is 0 Å². The summed E-state index contributed by atoms with van der Waals surface area (Å²) in [5, 5.41) is 5.48. The Hall–Kier alpha value is -0.250. The molecular formula is C10H16ClNOS. The second-order valence-corrected chi connectivity index (χ2v) is 4.91. The van der Waals surface area contributed by atoms with Crippen LogP contribution in [0.5, 0.6) is 5.75 Å². The van der Waals surface area contributed by atoms with Crippen molar-refractivity contribution >= 4 is 23.7 Å². The van der Waals surface area contributed by atoms with E-state index in [9.17, 15) is 0 Å². The van der Waals surface area contributed by atoms with Crippen LogP contribution in [0.4, 0.5) is 0 Å². The maximum absolute atomic E-state index is 5.75. The Morgan fingerprint density at radius 1 is 1.57 bits per heavy atom. The van der Waals surface area contributed by atoms with Gasteiger partial charge in [-0.1, -0.05) is 0 Å². The van der Waals surface area contributed by atoms with Crippen molar-refractivity contribution in [3.63, 3.8) is 0 Å². The molecule has 1 aliphatic rings. The van der Waals surface area contributed by atoms with Gasteiger partial charge < -0.3 is 10.1 Å². The van der Waals surface area contributed by atoms with Crippen molar-refractivity contribution in [2.24, 2.45) is 0 Å². The summed E-state index contributed by atoms with van der Waals surface area (Å²) in [6.07, 6.45) is 1.08. The van der Waals surface area contributed by atoms with Crippen LogP contribution >= 0.6 is 23.7 Å². The molecule has 1 unspecified atom stereocenters. The molecule has 14 heavy (non-hydrogen) atoms. The highest BCUT2D eigenvalue weighted by Crippen LogP contribution is 2.36. The lowest BCUT2D eigenvalue weighted by Gasteiger charge is -2.33. The van der Waals surface area contributed by atoms with Crippen LogP contribution in [0.15, 0.2) is 5.38 Å². The van der Waals surface area contributed by atoms with Crippen LogP contribution in [0.3, 0.4) is 0 Å². The Morgan fingerprint density at radius 2 is 2.29 bits per heavy atom. The second kappa shape index (κ2) is 4.09. The number of halogens is 1. The van der Waals surface area contributed by atoms with Crippen LogP contribution in [0.25, 0.3) is 0 Å². The molecule has 0 amide bonds. The first-order valence-corrected chi connectivity index (χ1v) is 5.41. The Balaban J connectivity index is 0.000000980. The van der Waals surface area contributed by atoms with E-state index in [1.807, 2.05) is 7.05 Å². The second-order valence-electron chi connectivity index (χ2n) is 3.95. The van der Waals surface area contributed by atoms with Gasteiger partial charge in [0, 0.05) is 16.9 Å². The van der Waals surface area contributed by atoms with E-state index in [1.165, 1.54) is 10.4 Å². The zero-order valence-electron chi connectivity index (χ0n) is 8.72. The number of likely N-dealkylation sites (N-methyl/N-ethyl adjacent to an activating group) is 1. The van der Waals surface area contributed by atoms with E-state index >= 15 is 0 Å². The number of aryl methyl sites for hydroxylation is 1. The van der Waals surface area contributed by atoms with Gasteiger partial charge in [0.15, 0.2) is 0 Å². The van der Waals surface area contributed by atoms with Gasteiger partial charge in [-0.05, 0) is 26.3 Å². The van der Waals surface area contributed by atoms with Crippen LogP contribution in [-0.2, 0) is 6.42 Å². The first-order chi connectivity index (χ1) is 6.14. The molecule has 0 bridgehead atoms. The fraction of sp³-hybridized carbons (Fsp3) is 0.600. The molecule has 1 atom stereocenters. The third-order valence-corrected chi connectivity index (χ3v) is 3.76. The maximum atomic E-state index is 5.75. The Bertz CT molecular complexity index is 326. The van der Waals surface area contributed by atoms with Crippen LogP contribution in [0.2, 0.25) is 0 Å². The summed E-state index contributed by atoms with van der Waals surface area (Å²) >= 11 is 1.80. The Labute approximate surface area is 95.1 Å². The third-order valence-electron chi connectivity index (χ3n) is 2.68. The largest absolute Gasteiger partial charge is 0.490 e. The van der Waals surface area contributed by atoms with Gasteiger partial charge in [0.05, 0.1) is 5.54 Å². The highest BCUT2D eigenvalue weighted by molar-refractivity contribution is 7.10. The zero-order chi connectivity index (χ0) is 9.47. The summed E-state index contributed by atoms with van der Waals surface area (Å²) in [7, 11) is 1.99. The minimum absolute atomic E-state index is 0. The van der Waals surface area contributed by atoms with Crippen molar-refractivity contribution in [1.29, 1.82) is 0 Å². The monoisotopic (exact) mass is 233 g/mol. The number of hydrogen-bond donors (Lipinski definition) is 1. The molecule has 0 saturated carbocycles. The first-order valence-electron chi connectivity index (χ1n) is 4.53. The van der Waals surface area contributed by atoms with Crippen molar-refractivity contribution in [1.82, 2.24) is 5.32 Å². The van der Waals surface area contributed by atoms with Gasteiger partial charge in [-0.3, -0.25) is 0 Å².